The SMILES string of the molecule is COCCOCCCNC(=NCC1CCCO1)Nc1ccc2c(c1)OCCCO2.I. The minimum Gasteiger partial charge on any atom is -0.490 e. The Morgan fingerprint density at radius 3 is 2.77 bits per heavy atom. The van der Waals surface area contributed by atoms with Crippen molar-refractivity contribution < 1.29 is 23.7 Å². The van der Waals surface area contributed by atoms with Crippen LogP contribution in [0.4, 0.5) is 5.69 Å². The molecule has 2 N–H and O–H groups in total. The minimum absolute atomic E-state index is 0. The average Bonchev–Trinajstić information content (AvgIpc) is 3.15. The van der Waals surface area contributed by atoms with E-state index in [9.17, 15) is 0 Å². The molecule has 1 aromatic rings. The number of hydrogen-bond acceptors (Lipinski definition) is 6. The maximum atomic E-state index is 5.79. The molecule has 1 unspecified atom stereocenters. The number of methoxy groups -OCH3 is 1. The van der Waals surface area contributed by atoms with Gasteiger partial charge in [0, 0.05) is 45.0 Å². The summed E-state index contributed by atoms with van der Waals surface area (Å²) in [6, 6.07) is 5.87. The Hall–Kier alpha value is -1.30. The summed E-state index contributed by atoms with van der Waals surface area (Å²) < 4.78 is 27.7. The molecule has 3 rings (SSSR count). The van der Waals surface area contributed by atoms with E-state index in [0.29, 0.717) is 39.6 Å². The van der Waals surface area contributed by atoms with Gasteiger partial charge in [-0.05, 0) is 31.4 Å². The van der Waals surface area contributed by atoms with E-state index in [1.165, 1.54) is 0 Å². The van der Waals surface area contributed by atoms with E-state index in [0.717, 1.165) is 62.0 Å². The molecule has 170 valence electrons. The number of fused-ring (bicyclic) bond motifs is 1. The Kier molecular flexibility index (Phi) is 12.2. The van der Waals surface area contributed by atoms with Gasteiger partial charge in [-0.15, -0.1) is 24.0 Å². The number of halogens is 1. The third-order valence-electron chi connectivity index (χ3n) is 4.68. The summed E-state index contributed by atoms with van der Waals surface area (Å²) in [5.74, 6) is 2.27. The molecule has 0 aliphatic carbocycles. The van der Waals surface area contributed by atoms with Crippen LogP contribution in [-0.4, -0.2) is 71.9 Å². The zero-order valence-corrected chi connectivity index (χ0v) is 20.0. The molecular formula is C21H34IN3O5. The van der Waals surface area contributed by atoms with Gasteiger partial charge in [0.05, 0.1) is 39.1 Å². The number of ether oxygens (including phenoxy) is 5. The zero-order chi connectivity index (χ0) is 20.2. The highest BCUT2D eigenvalue weighted by molar-refractivity contribution is 14.0. The molecule has 9 heteroatoms. The standard InChI is InChI=1S/C21H33N3O5.HI/c1-25-13-14-26-9-3-8-22-21(23-16-18-5-2-10-27-18)24-17-6-7-19-20(15-17)29-12-4-11-28-19;/h6-7,15,18H,2-5,8-14,16H2,1H3,(H2,22,23,24);1H. The van der Waals surface area contributed by atoms with Crippen LogP contribution in [0.2, 0.25) is 0 Å². The third-order valence-corrected chi connectivity index (χ3v) is 4.68. The molecule has 1 fully saturated rings. The Labute approximate surface area is 196 Å². The molecule has 1 saturated heterocycles. The van der Waals surface area contributed by atoms with Gasteiger partial charge in [0.25, 0.3) is 0 Å². The van der Waals surface area contributed by atoms with Crippen LogP contribution >= 0.6 is 24.0 Å². The normalized spacial score (nSPS) is 18.4. The molecule has 30 heavy (non-hydrogen) atoms. The molecule has 0 saturated carbocycles. The summed E-state index contributed by atoms with van der Waals surface area (Å²) in [5, 5.41) is 6.75. The lowest BCUT2D eigenvalue weighted by molar-refractivity contribution is 0.0699. The van der Waals surface area contributed by atoms with Gasteiger partial charge < -0.3 is 34.3 Å². The first kappa shape index (κ1) is 25.0. The number of benzene rings is 1. The molecule has 0 bridgehead atoms. The van der Waals surface area contributed by atoms with E-state index in [2.05, 4.69) is 10.6 Å². The summed E-state index contributed by atoms with van der Waals surface area (Å²) >= 11 is 0. The summed E-state index contributed by atoms with van der Waals surface area (Å²) in [6.45, 7) is 5.49. The number of rotatable bonds is 10. The molecule has 0 spiro atoms. The summed E-state index contributed by atoms with van der Waals surface area (Å²) in [5.41, 5.74) is 0.907. The van der Waals surface area contributed by atoms with Crippen LogP contribution in [0.5, 0.6) is 11.5 Å². The highest BCUT2D eigenvalue weighted by atomic mass is 127. The van der Waals surface area contributed by atoms with Crippen molar-refractivity contribution in [2.45, 2.75) is 31.8 Å². The number of hydrogen-bond donors (Lipinski definition) is 2. The predicted octanol–water partition coefficient (Wildman–Crippen LogP) is 3.06. The van der Waals surface area contributed by atoms with Crippen LogP contribution in [0.1, 0.15) is 25.7 Å². The average molecular weight is 535 g/mol. The van der Waals surface area contributed by atoms with Crippen molar-refractivity contribution in [1.29, 1.82) is 0 Å². The predicted molar refractivity (Wildman–Crippen MR) is 128 cm³/mol. The Morgan fingerprint density at radius 2 is 1.97 bits per heavy atom. The molecule has 2 aliphatic heterocycles. The first-order valence-electron chi connectivity index (χ1n) is 10.5. The van der Waals surface area contributed by atoms with Gasteiger partial charge in [-0.1, -0.05) is 0 Å². The van der Waals surface area contributed by atoms with Crippen molar-refractivity contribution in [3.05, 3.63) is 18.2 Å². The maximum absolute atomic E-state index is 5.79. The largest absolute Gasteiger partial charge is 0.490 e. The minimum atomic E-state index is 0. The topological polar surface area (TPSA) is 82.6 Å². The Bertz CT molecular complexity index is 641. The van der Waals surface area contributed by atoms with Gasteiger partial charge in [0.15, 0.2) is 17.5 Å². The van der Waals surface area contributed by atoms with Gasteiger partial charge in [0.2, 0.25) is 0 Å². The smallest absolute Gasteiger partial charge is 0.195 e. The molecule has 1 atom stereocenters. The summed E-state index contributed by atoms with van der Waals surface area (Å²) in [6.07, 6.45) is 4.14. The fraction of sp³-hybridized carbons (Fsp3) is 0.667. The highest BCUT2D eigenvalue weighted by Crippen LogP contribution is 2.32. The van der Waals surface area contributed by atoms with Gasteiger partial charge in [-0.25, -0.2) is 0 Å². The molecule has 2 heterocycles. The second kappa shape index (κ2) is 14.7. The maximum Gasteiger partial charge on any atom is 0.195 e. The molecular weight excluding hydrogens is 501 g/mol. The lowest BCUT2D eigenvalue weighted by Gasteiger charge is -2.15. The van der Waals surface area contributed by atoms with E-state index < -0.39 is 0 Å². The molecule has 0 aromatic heterocycles. The van der Waals surface area contributed by atoms with Crippen molar-refractivity contribution in [1.82, 2.24) is 5.32 Å². The van der Waals surface area contributed by atoms with Crippen molar-refractivity contribution in [3.8, 4) is 11.5 Å². The van der Waals surface area contributed by atoms with Crippen LogP contribution in [0.15, 0.2) is 23.2 Å². The number of guanidine groups is 1. The number of aliphatic imine (C=N–C) groups is 1. The van der Waals surface area contributed by atoms with Crippen LogP contribution in [0.25, 0.3) is 0 Å². The quantitative estimate of drug-likeness (QED) is 0.206. The van der Waals surface area contributed by atoms with Crippen LogP contribution in [0.3, 0.4) is 0 Å². The fourth-order valence-electron chi connectivity index (χ4n) is 3.12. The van der Waals surface area contributed by atoms with E-state index >= 15 is 0 Å². The van der Waals surface area contributed by atoms with E-state index in [1.54, 1.807) is 7.11 Å². The van der Waals surface area contributed by atoms with E-state index in [-0.39, 0.29) is 30.1 Å². The fourth-order valence-corrected chi connectivity index (χ4v) is 3.12. The molecule has 2 aliphatic rings. The summed E-state index contributed by atoms with van der Waals surface area (Å²) in [7, 11) is 1.67. The third kappa shape index (κ3) is 8.83. The molecule has 0 radical (unpaired) electrons. The van der Waals surface area contributed by atoms with Crippen molar-refractivity contribution in [2.24, 2.45) is 4.99 Å². The lowest BCUT2D eigenvalue weighted by atomic mass is 10.2. The van der Waals surface area contributed by atoms with Gasteiger partial charge in [-0.3, -0.25) is 4.99 Å². The Morgan fingerprint density at radius 1 is 1.10 bits per heavy atom. The summed E-state index contributed by atoms with van der Waals surface area (Å²) in [4.78, 5) is 4.72. The first-order valence-corrected chi connectivity index (χ1v) is 10.5. The van der Waals surface area contributed by atoms with E-state index in [1.807, 2.05) is 18.2 Å². The lowest BCUT2D eigenvalue weighted by Crippen LogP contribution is -2.33. The van der Waals surface area contributed by atoms with Crippen LogP contribution in [0, 0.1) is 0 Å². The number of nitrogens with zero attached hydrogens (tertiary/aromatic N) is 1. The van der Waals surface area contributed by atoms with Gasteiger partial charge >= 0.3 is 0 Å². The highest BCUT2D eigenvalue weighted by Gasteiger charge is 2.15. The number of nitrogens with one attached hydrogen (secondary N) is 2. The van der Waals surface area contributed by atoms with Crippen molar-refractivity contribution >= 4 is 35.6 Å². The van der Waals surface area contributed by atoms with Gasteiger partial charge in [-0.2, -0.15) is 0 Å². The molecule has 0 amide bonds. The van der Waals surface area contributed by atoms with Crippen LogP contribution in [-0.2, 0) is 14.2 Å². The number of anilines is 1. The monoisotopic (exact) mass is 535 g/mol. The first-order chi connectivity index (χ1) is 14.3. The molecule has 8 nitrogen and oxygen atoms in total. The van der Waals surface area contributed by atoms with Crippen molar-refractivity contribution in [3.63, 3.8) is 0 Å². The van der Waals surface area contributed by atoms with E-state index in [4.69, 9.17) is 28.7 Å². The Balaban J connectivity index is 0.00000320. The van der Waals surface area contributed by atoms with Crippen molar-refractivity contribution in [2.75, 3.05) is 65.2 Å². The second-order valence-corrected chi connectivity index (χ2v) is 7.05. The van der Waals surface area contributed by atoms with Gasteiger partial charge in [0.1, 0.15) is 0 Å². The zero-order valence-electron chi connectivity index (χ0n) is 17.7. The second-order valence-electron chi connectivity index (χ2n) is 7.05. The van der Waals surface area contributed by atoms with Crippen LogP contribution < -0.4 is 20.1 Å². The molecule has 1 aromatic carbocycles.